The maximum atomic E-state index is 12.8. The molecule has 1 aromatic heterocycles. The molecule has 0 spiro atoms. The first-order valence-electron chi connectivity index (χ1n) is 10.3. The Labute approximate surface area is 196 Å². The molecule has 3 rings (SSSR count). The summed E-state index contributed by atoms with van der Waals surface area (Å²) in [6.07, 6.45) is 0.607. The van der Waals surface area contributed by atoms with Gasteiger partial charge in [-0.25, -0.2) is 4.98 Å². The lowest BCUT2D eigenvalue weighted by Gasteiger charge is -2.20. The van der Waals surface area contributed by atoms with Crippen molar-refractivity contribution in [1.29, 1.82) is 0 Å². The number of hydrogen-bond donors (Lipinski definition) is 1. The Morgan fingerprint density at radius 3 is 2.52 bits per heavy atom. The zero-order valence-electron chi connectivity index (χ0n) is 18.7. The molecule has 174 valence electrons. The van der Waals surface area contributed by atoms with Crippen molar-refractivity contribution < 1.29 is 28.6 Å². The number of methoxy groups -OCH3 is 1. The lowest BCUT2D eigenvalue weighted by atomic mass is 10.2. The van der Waals surface area contributed by atoms with Crippen molar-refractivity contribution in [2.45, 2.75) is 31.7 Å². The highest BCUT2D eigenvalue weighted by Gasteiger charge is 2.19. The highest BCUT2D eigenvalue weighted by Crippen LogP contribution is 2.25. The van der Waals surface area contributed by atoms with Gasteiger partial charge in [-0.15, -0.1) is 0 Å². The van der Waals surface area contributed by atoms with E-state index in [9.17, 15) is 14.7 Å². The number of aryl methyl sites for hydroxylation is 2. The van der Waals surface area contributed by atoms with Gasteiger partial charge in [0.05, 0.1) is 19.4 Å². The fraction of sp³-hybridized carbons (Fsp3) is 0.292. The van der Waals surface area contributed by atoms with Gasteiger partial charge in [-0.05, 0) is 60.6 Å². The van der Waals surface area contributed by atoms with Crippen LogP contribution in [0.3, 0.4) is 0 Å². The number of carbonyl (C=O) groups is 2. The highest BCUT2D eigenvalue weighted by atomic mass is 32.2. The van der Waals surface area contributed by atoms with E-state index < -0.39 is 12.5 Å². The molecule has 2 aromatic carbocycles. The standard InChI is InChI=1S/C24H26N2O6S/c1-16-22(25-17(2)32-16)11-12-31-20-6-4-5-18(13-20)14-26(15-23(27)28)24(29)33-21-9-7-19(30-3)8-10-21/h4-10,13H,11-12,14-15H2,1-3H3,(H,27,28). The van der Waals surface area contributed by atoms with Crippen LogP contribution >= 0.6 is 11.8 Å². The van der Waals surface area contributed by atoms with Gasteiger partial charge in [-0.3, -0.25) is 9.59 Å². The summed E-state index contributed by atoms with van der Waals surface area (Å²) in [6, 6.07) is 14.3. The number of carbonyl (C=O) groups excluding carboxylic acids is 1. The third-order valence-electron chi connectivity index (χ3n) is 4.73. The van der Waals surface area contributed by atoms with Crippen LogP contribution in [0.4, 0.5) is 4.79 Å². The van der Waals surface area contributed by atoms with Crippen molar-refractivity contribution >= 4 is 23.0 Å². The molecule has 0 unspecified atom stereocenters. The minimum atomic E-state index is -1.08. The van der Waals surface area contributed by atoms with Crippen molar-refractivity contribution in [2.75, 3.05) is 20.3 Å². The van der Waals surface area contributed by atoms with Gasteiger partial charge in [-0.2, -0.15) is 0 Å². The van der Waals surface area contributed by atoms with Gasteiger partial charge < -0.3 is 23.9 Å². The van der Waals surface area contributed by atoms with E-state index in [0.717, 1.165) is 28.8 Å². The molecule has 33 heavy (non-hydrogen) atoms. The summed E-state index contributed by atoms with van der Waals surface area (Å²) in [4.78, 5) is 30.5. The number of aliphatic carboxylic acids is 1. The van der Waals surface area contributed by atoms with Crippen molar-refractivity contribution in [3.63, 3.8) is 0 Å². The van der Waals surface area contributed by atoms with E-state index in [1.807, 2.05) is 25.1 Å². The van der Waals surface area contributed by atoms with Crippen molar-refractivity contribution in [2.24, 2.45) is 0 Å². The number of benzene rings is 2. The van der Waals surface area contributed by atoms with Crippen LogP contribution in [0.5, 0.6) is 11.5 Å². The van der Waals surface area contributed by atoms with Gasteiger partial charge in [0, 0.05) is 24.8 Å². The number of carboxylic acid groups (broad SMARTS) is 1. The van der Waals surface area contributed by atoms with Gasteiger partial charge in [0.1, 0.15) is 23.8 Å². The first-order chi connectivity index (χ1) is 15.8. The molecule has 9 heteroatoms. The Bertz CT molecular complexity index is 1100. The van der Waals surface area contributed by atoms with E-state index in [0.29, 0.717) is 35.3 Å². The van der Waals surface area contributed by atoms with Gasteiger partial charge in [0.2, 0.25) is 0 Å². The van der Waals surface area contributed by atoms with Gasteiger partial charge in [-0.1, -0.05) is 12.1 Å². The largest absolute Gasteiger partial charge is 0.497 e. The SMILES string of the molecule is COc1ccc(SC(=O)N(CC(=O)O)Cc2cccc(OCCc3nc(C)oc3C)c2)cc1. The molecule has 0 aliphatic carbocycles. The summed E-state index contributed by atoms with van der Waals surface area (Å²) in [5.74, 6) is 1.64. The molecule has 0 radical (unpaired) electrons. The number of ether oxygens (including phenoxy) is 2. The van der Waals surface area contributed by atoms with E-state index in [4.69, 9.17) is 13.9 Å². The normalized spacial score (nSPS) is 10.6. The Kier molecular flexibility index (Phi) is 8.37. The fourth-order valence-electron chi connectivity index (χ4n) is 3.18. The van der Waals surface area contributed by atoms with Crippen molar-refractivity contribution in [3.05, 3.63) is 71.4 Å². The second kappa shape index (κ2) is 11.4. The van der Waals surface area contributed by atoms with Crippen LogP contribution in [-0.2, 0) is 17.8 Å². The zero-order valence-corrected chi connectivity index (χ0v) is 19.6. The van der Waals surface area contributed by atoms with Crippen LogP contribution in [0.1, 0.15) is 22.9 Å². The van der Waals surface area contributed by atoms with E-state index in [2.05, 4.69) is 4.98 Å². The van der Waals surface area contributed by atoms with Gasteiger partial charge >= 0.3 is 5.97 Å². The fourth-order valence-corrected chi connectivity index (χ4v) is 3.91. The smallest absolute Gasteiger partial charge is 0.323 e. The quantitative estimate of drug-likeness (QED) is 0.425. The molecule has 0 aliphatic rings. The Hall–Kier alpha value is -3.46. The number of oxazole rings is 1. The minimum Gasteiger partial charge on any atom is -0.497 e. The Balaban J connectivity index is 1.62. The monoisotopic (exact) mass is 470 g/mol. The predicted molar refractivity (Wildman–Crippen MR) is 124 cm³/mol. The highest BCUT2D eigenvalue weighted by molar-refractivity contribution is 8.13. The molecule has 0 saturated heterocycles. The Morgan fingerprint density at radius 2 is 1.88 bits per heavy atom. The molecule has 1 heterocycles. The summed E-state index contributed by atoms with van der Waals surface area (Å²) >= 11 is 0.972. The van der Waals surface area contributed by atoms with Crippen molar-refractivity contribution in [1.82, 2.24) is 9.88 Å². The first-order valence-corrected chi connectivity index (χ1v) is 11.1. The number of thioether (sulfide) groups is 1. The predicted octanol–water partition coefficient (Wildman–Crippen LogP) is 4.72. The van der Waals surface area contributed by atoms with E-state index in [1.54, 1.807) is 44.4 Å². The van der Waals surface area contributed by atoms with Crippen LogP contribution in [-0.4, -0.2) is 46.5 Å². The summed E-state index contributed by atoms with van der Waals surface area (Å²) < 4.78 is 16.4. The number of carboxylic acids is 1. The van der Waals surface area contributed by atoms with Crippen LogP contribution in [0, 0.1) is 13.8 Å². The molecule has 1 N–H and O–H groups in total. The molecule has 0 aliphatic heterocycles. The molecule has 1 amide bonds. The third kappa shape index (κ3) is 7.28. The second-order valence-electron chi connectivity index (χ2n) is 7.27. The number of rotatable bonds is 10. The molecular weight excluding hydrogens is 444 g/mol. The molecule has 8 nitrogen and oxygen atoms in total. The van der Waals surface area contributed by atoms with E-state index >= 15 is 0 Å². The summed E-state index contributed by atoms with van der Waals surface area (Å²) in [6.45, 7) is 3.83. The summed E-state index contributed by atoms with van der Waals surface area (Å²) in [5.41, 5.74) is 1.63. The van der Waals surface area contributed by atoms with E-state index in [-0.39, 0.29) is 11.8 Å². The Morgan fingerprint density at radius 1 is 1.12 bits per heavy atom. The van der Waals surface area contributed by atoms with Crippen LogP contribution in [0.2, 0.25) is 0 Å². The number of nitrogens with zero attached hydrogens (tertiary/aromatic N) is 2. The van der Waals surface area contributed by atoms with Gasteiger partial charge in [0.25, 0.3) is 5.24 Å². The topological polar surface area (TPSA) is 102 Å². The lowest BCUT2D eigenvalue weighted by molar-refractivity contribution is -0.137. The molecule has 0 bridgehead atoms. The summed E-state index contributed by atoms with van der Waals surface area (Å²) in [7, 11) is 1.57. The maximum Gasteiger partial charge on any atom is 0.323 e. The second-order valence-corrected chi connectivity index (χ2v) is 8.30. The van der Waals surface area contributed by atoms with Crippen LogP contribution < -0.4 is 9.47 Å². The molecular formula is C24H26N2O6S. The summed E-state index contributed by atoms with van der Waals surface area (Å²) in [5, 5.41) is 8.93. The average molecular weight is 471 g/mol. The minimum absolute atomic E-state index is 0.146. The third-order valence-corrected chi connectivity index (χ3v) is 5.67. The van der Waals surface area contributed by atoms with Crippen LogP contribution in [0.15, 0.2) is 57.8 Å². The molecule has 0 fully saturated rings. The number of amides is 1. The zero-order chi connectivity index (χ0) is 23.8. The molecule has 3 aromatic rings. The molecule has 0 saturated carbocycles. The number of aromatic nitrogens is 1. The van der Waals surface area contributed by atoms with Crippen molar-refractivity contribution in [3.8, 4) is 11.5 Å². The first kappa shape index (κ1) is 24.2. The van der Waals surface area contributed by atoms with Gasteiger partial charge in [0.15, 0.2) is 5.89 Å². The molecule has 0 atom stereocenters. The lowest BCUT2D eigenvalue weighted by Crippen LogP contribution is -2.32. The number of hydrogen-bond acceptors (Lipinski definition) is 7. The van der Waals surface area contributed by atoms with E-state index in [1.165, 1.54) is 4.90 Å². The van der Waals surface area contributed by atoms with Crippen LogP contribution in [0.25, 0.3) is 0 Å². The maximum absolute atomic E-state index is 12.8. The average Bonchev–Trinajstić information content (AvgIpc) is 3.10.